The highest BCUT2D eigenvalue weighted by Gasteiger charge is 2.20. The van der Waals surface area contributed by atoms with Crippen molar-refractivity contribution in [2.45, 2.75) is 12.5 Å². The van der Waals surface area contributed by atoms with Crippen molar-refractivity contribution >= 4 is 11.9 Å². The fourth-order valence-corrected chi connectivity index (χ4v) is 2.89. The van der Waals surface area contributed by atoms with Crippen LogP contribution in [0.3, 0.4) is 0 Å². The van der Waals surface area contributed by atoms with E-state index in [4.69, 9.17) is 10.00 Å². The maximum atomic E-state index is 12.5. The first-order valence-electron chi connectivity index (χ1n) is 9.39. The second-order valence-electron chi connectivity index (χ2n) is 6.58. The number of nitrogens with one attached hydrogen (secondary N) is 1. The van der Waals surface area contributed by atoms with Crippen molar-refractivity contribution in [3.8, 4) is 22.9 Å². The zero-order valence-corrected chi connectivity index (χ0v) is 16.1. The minimum Gasteiger partial charge on any atom is -0.493 e. The number of hydrogen-bond acceptors (Lipinski definition) is 4. The van der Waals surface area contributed by atoms with Crippen LogP contribution in [0.15, 0.2) is 78.9 Å². The molecule has 0 saturated carbocycles. The van der Waals surface area contributed by atoms with Crippen LogP contribution in [0.5, 0.6) is 5.75 Å². The number of hydrogen-bond donors (Lipinski definition) is 2. The predicted octanol–water partition coefficient (Wildman–Crippen LogP) is 3.88. The molecule has 0 aromatic heterocycles. The standard InChI is InChI=1S/C24H20N2O4/c25-16-17-5-4-8-21(15-17)30-14-13-22(24(28)29)26-23(27)20-11-9-19(10-12-20)18-6-2-1-3-7-18/h1-12,15,22H,13-14H2,(H,26,27)(H,28,29). The molecule has 0 bridgehead atoms. The summed E-state index contributed by atoms with van der Waals surface area (Å²) in [5.41, 5.74) is 2.83. The molecule has 6 nitrogen and oxygen atoms in total. The highest BCUT2D eigenvalue weighted by molar-refractivity contribution is 5.97. The second-order valence-corrected chi connectivity index (χ2v) is 6.58. The van der Waals surface area contributed by atoms with E-state index in [0.29, 0.717) is 16.9 Å². The molecule has 3 rings (SSSR count). The maximum Gasteiger partial charge on any atom is 0.326 e. The van der Waals surface area contributed by atoms with Crippen molar-refractivity contribution in [1.82, 2.24) is 5.32 Å². The summed E-state index contributed by atoms with van der Waals surface area (Å²) in [4.78, 5) is 24.0. The van der Waals surface area contributed by atoms with Gasteiger partial charge in [0.05, 0.1) is 18.2 Å². The fraction of sp³-hybridized carbons (Fsp3) is 0.125. The van der Waals surface area contributed by atoms with Gasteiger partial charge in [-0.25, -0.2) is 4.79 Å². The van der Waals surface area contributed by atoms with E-state index in [1.54, 1.807) is 36.4 Å². The number of amides is 1. The zero-order valence-electron chi connectivity index (χ0n) is 16.1. The summed E-state index contributed by atoms with van der Waals surface area (Å²) < 4.78 is 5.52. The molecule has 3 aromatic rings. The highest BCUT2D eigenvalue weighted by atomic mass is 16.5. The van der Waals surface area contributed by atoms with Crippen molar-refractivity contribution in [2.24, 2.45) is 0 Å². The molecule has 1 atom stereocenters. The fourth-order valence-electron chi connectivity index (χ4n) is 2.89. The van der Waals surface area contributed by atoms with Crippen molar-refractivity contribution in [3.63, 3.8) is 0 Å². The van der Waals surface area contributed by atoms with Crippen LogP contribution < -0.4 is 10.1 Å². The monoisotopic (exact) mass is 400 g/mol. The summed E-state index contributed by atoms with van der Waals surface area (Å²) in [5.74, 6) is -1.13. The number of carbonyl (C=O) groups excluding carboxylic acids is 1. The van der Waals surface area contributed by atoms with Gasteiger partial charge in [-0.05, 0) is 41.5 Å². The van der Waals surface area contributed by atoms with Crippen LogP contribution in [0.2, 0.25) is 0 Å². The molecule has 0 heterocycles. The van der Waals surface area contributed by atoms with Crippen molar-refractivity contribution < 1.29 is 19.4 Å². The number of rotatable bonds is 8. The zero-order chi connectivity index (χ0) is 21.3. The summed E-state index contributed by atoms with van der Waals surface area (Å²) in [5, 5.41) is 20.9. The largest absolute Gasteiger partial charge is 0.493 e. The molecule has 30 heavy (non-hydrogen) atoms. The average molecular weight is 400 g/mol. The van der Waals surface area contributed by atoms with Gasteiger partial charge in [0.2, 0.25) is 0 Å². The summed E-state index contributed by atoms with van der Waals surface area (Å²) in [6.07, 6.45) is 0.0833. The van der Waals surface area contributed by atoms with E-state index in [1.807, 2.05) is 48.5 Å². The van der Waals surface area contributed by atoms with Gasteiger partial charge in [-0.2, -0.15) is 5.26 Å². The number of aliphatic carboxylic acids is 1. The molecule has 0 aliphatic heterocycles. The third-order valence-electron chi connectivity index (χ3n) is 4.50. The van der Waals surface area contributed by atoms with Crippen molar-refractivity contribution in [3.05, 3.63) is 90.0 Å². The normalized spacial score (nSPS) is 11.2. The Bertz CT molecular complexity index is 1060. The Hall–Kier alpha value is -4.11. The SMILES string of the molecule is N#Cc1cccc(OCCC(NC(=O)c2ccc(-c3ccccc3)cc2)C(=O)O)c1. The van der Waals surface area contributed by atoms with Gasteiger partial charge in [-0.15, -0.1) is 0 Å². The third-order valence-corrected chi connectivity index (χ3v) is 4.50. The van der Waals surface area contributed by atoms with E-state index >= 15 is 0 Å². The highest BCUT2D eigenvalue weighted by Crippen LogP contribution is 2.19. The lowest BCUT2D eigenvalue weighted by Gasteiger charge is -2.15. The second kappa shape index (κ2) is 9.89. The molecule has 0 saturated heterocycles. The smallest absolute Gasteiger partial charge is 0.326 e. The van der Waals surface area contributed by atoms with Gasteiger partial charge in [0.25, 0.3) is 5.91 Å². The molecule has 1 amide bonds. The van der Waals surface area contributed by atoms with Crippen LogP contribution >= 0.6 is 0 Å². The number of ether oxygens (including phenoxy) is 1. The Kier molecular flexibility index (Phi) is 6.80. The molecule has 150 valence electrons. The topological polar surface area (TPSA) is 99.4 Å². The summed E-state index contributed by atoms with van der Waals surface area (Å²) >= 11 is 0. The van der Waals surface area contributed by atoms with Gasteiger partial charge in [-0.1, -0.05) is 48.5 Å². The first-order valence-corrected chi connectivity index (χ1v) is 9.39. The van der Waals surface area contributed by atoms with E-state index in [9.17, 15) is 14.7 Å². The van der Waals surface area contributed by atoms with Crippen LogP contribution in [0.25, 0.3) is 11.1 Å². The van der Waals surface area contributed by atoms with E-state index in [2.05, 4.69) is 5.32 Å². The van der Waals surface area contributed by atoms with Crippen molar-refractivity contribution in [2.75, 3.05) is 6.61 Å². The maximum absolute atomic E-state index is 12.5. The minimum absolute atomic E-state index is 0.0824. The number of carbonyl (C=O) groups is 2. The van der Waals surface area contributed by atoms with Crippen LogP contribution in [0.4, 0.5) is 0 Å². The minimum atomic E-state index is -1.14. The predicted molar refractivity (Wildman–Crippen MR) is 112 cm³/mol. The summed E-state index contributed by atoms with van der Waals surface area (Å²) in [6, 6.07) is 24.2. The molecule has 1 unspecified atom stereocenters. The van der Waals surface area contributed by atoms with Crippen molar-refractivity contribution in [1.29, 1.82) is 5.26 Å². The first-order chi connectivity index (χ1) is 14.6. The molecule has 3 aromatic carbocycles. The molecule has 0 fully saturated rings. The van der Waals surface area contributed by atoms with Crippen LogP contribution in [-0.2, 0) is 4.79 Å². The lowest BCUT2D eigenvalue weighted by Crippen LogP contribution is -2.41. The average Bonchev–Trinajstić information content (AvgIpc) is 2.79. The van der Waals surface area contributed by atoms with Gasteiger partial charge in [-0.3, -0.25) is 4.79 Å². The Morgan fingerprint density at radius 2 is 1.67 bits per heavy atom. The quantitative estimate of drug-likeness (QED) is 0.598. The van der Waals surface area contributed by atoms with Gasteiger partial charge >= 0.3 is 5.97 Å². The van der Waals surface area contributed by atoms with E-state index in [-0.39, 0.29) is 13.0 Å². The van der Waals surface area contributed by atoms with Gasteiger partial charge in [0, 0.05) is 12.0 Å². The Balaban J connectivity index is 1.58. The molecule has 2 N–H and O–H groups in total. The van der Waals surface area contributed by atoms with Gasteiger partial charge < -0.3 is 15.2 Å². The number of carboxylic acid groups (broad SMARTS) is 1. The summed E-state index contributed by atoms with van der Waals surface area (Å²) in [7, 11) is 0. The third kappa shape index (κ3) is 5.46. The molecular formula is C24H20N2O4. The van der Waals surface area contributed by atoms with Crippen LogP contribution in [-0.4, -0.2) is 29.6 Å². The molecular weight excluding hydrogens is 380 g/mol. The number of carboxylic acids is 1. The Morgan fingerprint density at radius 3 is 2.33 bits per heavy atom. The van der Waals surface area contributed by atoms with Gasteiger partial charge in [0.1, 0.15) is 11.8 Å². The molecule has 0 spiro atoms. The number of nitrogens with zero attached hydrogens (tertiary/aromatic N) is 1. The molecule has 0 radical (unpaired) electrons. The van der Waals surface area contributed by atoms with E-state index < -0.39 is 17.9 Å². The lowest BCUT2D eigenvalue weighted by molar-refractivity contribution is -0.139. The Morgan fingerprint density at radius 1 is 0.967 bits per heavy atom. The summed E-state index contributed by atoms with van der Waals surface area (Å²) in [6.45, 7) is 0.0824. The number of nitriles is 1. The van der Waals surface area contributed by atoms with Crippen LogP contribution in [0, 0.1) is 11.3 Å². The molecule has 0 aliphatic carbocycles. The van der Waals surface area contributed by atoms with E-state index in [1.165, 1.54) is 0 Å². The first kappa shape index (κ1) is 20.6. The molecule has 6 heteroatoms. The Labute approximate surface area is 174 Å². The van der Waals surface area contributed by atoms with Crippen LogP contribution in [0.1, 0.15) is 22.3 Å². The molecule has 0 aliphatic rings. The van der Waals surface area contributed by atoms with E-state index in [0.717, 1.165) is 11.1 Å². The lowest BCUT2D eigenvalue weighted by atomic mass is 10.0. The van der Waals surface area contributed by atoms with Gasteiger partial charge in [0.15, 0.2) is 0 Å². The number of benzene rings is 3.